The van der Waals surface area contributed by atoms with Crippen LogP contribution in [-0.2, 0) is 0 Å². The van der Waals surface area contributed by atoms with Crippen LogP contribution < -0.4 is 4.74 Å². The number of nitrogens with zero attached hydrogens (tertiary/aromatic N) is 3. The maximum atomic E-state index is 5.61. The average Bonchev–Trinajstić information content (AvgIpc) is 3.06. The quantitative estimate of drug-likeness (QED) is 0.572. The van der Waals surface area contributed by atoms with Crippen LogP contribution in [0.4, 0.5) is 0 Å². The summed E-state index contributed by atoms with van der Waals surface area (Å²) in [7, 11) is 1.68. The van der Waals surface area contributed by atoms with Gasteiger partial charge in [0, 0.05) is 24.0 Å². The molecular weight excluding hydrogens is 286 g/mol. The van der Waals surface area contributed by atoms with Crippen LogP contribution in [0.15, 0.2) is 73.2 Å². The Kier molecular flexibility index (Phi) is 3.27. The molecule has 0 N–H and O–H groups in total. The van der Waals surface area contributed by atoms with Gasteiger partial charge in [-0.25, -0.2) is 4.98 Å². The minimum Gasteiger partial charge on any atom is -0.482 e. The van der Waals surface area contributed by atoms with Gasteiger partial charge in [-0.2, -0.15) is 0 Å². The van der Waals surface area contributed by atoms with Crippen molar-refractivity contribution in [2.75, 3.05) is 7.11 Å². The molecule has 3 aromatic heterocycles. The summed E-state index contributed by atoms with van der Waals surface area (Å²) >= 11 is 0. The molecular formula is C19H15N3O. The van der Waals surface area contributed by atoms with Gasteiger partial charge in [-0.3, -0.25) is 9.38 Å². The highest BCUT2D eigenvalue weighted by molar-refractivity contribution is 5.72. The molecule has 112 valence electrons. The fraction of sp³-hybridized carbons (Fsp3) is 0.0526. The third kappa shape index (κ3) is 2.34. The first-order valence-corrected chi connectivity index (χ1v) is 7.38. The molecule has 3 heterocycles. The molecule has 1 aromatic carbocycles. The van der Waals surface area contributed by atoms with Gasteiger partial charge >= 0.3 is 0 Å². The third-order valence-electron chi connectivity index (χ3n) is 3.85. The number of pyridine rings is 2. The highest BCUT2D eigenvalue weighted by Crippen LogP contribution is 2.30. The van der Waals surface area contributed by atoms with Crippen LogP contribution in [0.2, 0.25) is 0 Å². The van der Waals surface area contributed by atoms with E-state index in [-0.39, 0.29) is 0 Å². The normalized spacial score (nSPS) is 10.8. The predicted molar refractivity (Wildman–Crippen MR) is 90.4 cm³/mol. The molecule has 4 heteroatoms. The van der Waals surface area contributed by atoms with Crippen molar-refractivity contribution in [1.82, 2.24) is 14.4 Å². The van der Waals surface area contributed by atoms with Crippen molar-refractivity contribution in [3.8, 4) is 28.3 Å². The van der Waals surface area contributed by atoms with Crippen molar-refractivity contribution in [2.24, 2.45) is 0 Å². The predicted octanol–water partition coefficient (Wildman–Crippen LogP) is 4.07. The molecule has 0 aliphatic carbocycles. The molecule has 0 fully saturated rings. The molecule has 0 saturated carbocycles. The van der Waals surface area contributed by atoms with E-state index in [1.165, 1.54) is 0 Å². The number of benzene rings is 1. The molecule has 0 saturated heterocycles. The Morgan fingerprint density at radius 1 is 0.870 bits per heavy atom. The first-order chi connectivity index (χ1) is 11.4. The number of hydrogen-bond acceptors (Lipinski definition) is 3. The van der Waals surface area contributed by atoms with Crippen molar-refractivity contribution < 1.29 is 4.74 Å². The molecule has 23 heavy (non-hydrogen) atoms. The zero-order chi connectivity index (χ0) is 15.6. The summed E-state index contributed by atoms with van der Waals surface area (Å²) in [4.78, 5) is 8.73. The van der Waals surface area contributed by atoms with Gasteiger partial charge in [0.1, 0.15) is 5.65 Å². The molecule has 0 atom stereocenters. The fourth-order valence-electron chi connectivity index (χ4n) is 2.74. The van der Waals surface area contributed by atoms with Crippen LogP contribution in [0.1, 0.15) is 0 Å². The molecule has 0 aliphatic rings. The number of aromatic nitrogens is 3. The van der Waals surface area contributed by atoms with Crippen molar-refractivity contribution in [3.63, 3.8) is 0 Å². The molecule has 0 unspecified atom stereocenters. The second-order valence-electron chi connectivity index (χ2n) is 5.23. The van der Waals surface area contributed by atoms with Gasteiger partial charge in [0.15, 0.2) is 5.88 Å². The fourth-order valence-corrected chi connectivity index (χ4v) is 2.74. The Labute approximate surface area is 134 Å². The minimum absolute atomic E-state index is 0.748. The van der Waals surface area contributed by atoms with Gasteiger partial charge in [-0.05, 0) is 29.3 Å². The van der Waals surface area contributed by atoms with Crippen LogP contribution in [0.5, 0.6) is 5.88 Å². The van der Waals surface area contributed by atoms with Crippen LogP contribution in [0.25, 0.3) is 28.0 Å². The van der Waals surface area contributed by atoms with Crippen LogP contribution in [-0.4, -0.2) is 21.5 Å². The lowest BCUT2D eigenvalue weighted by molar-refractivity contribution is 0.393. The minimum atomic E-state index is 0.748. The van der Waals surface area contributed by atoms with E-state index in [2.05, 4.69) is 28.2 Å². The van der Waals surface area contributed by atoms with Crippen LogP contribution >= 0.6 is 0 Å². The van der Waals surface area contributed by atoms with E-state index >= 15 is 0 Å². The molecule has 4 nitrogen and oxygen atoms in total. The highest BCUT2D eigenvalue weighted by Gasteiger charge is 2.12. The molecule has 0 radical (unpaired) electrons. The summed E-state index contributed by atoms with van der Waals surface area (Å²) in [5.74, 6) is 0.748. The Balaban J connectivity index is 1.94. The third-order valence-corrected chi connectivity index (χ3v) is 3.85. The van der Waals surface area contributed by atoms with E-state index in [1.54, 1.807) is 13.3 Å². The van der Waals surface area contributed by atoms with Gasteiger partial charge in [-0.1, -0.05) is 30.3 Å². The van der Waals surface area contributed by atoms with Gasteiger partial charge < -0.3 is 4.74 Å². The first kappa shape index (κ1) is 13.5. The van der Waals surface area contributed by atoms with Crippen LogP contribution in [0.3, 0.4) is 0 Å². The average molecular weight is 301 g/mol. The lowest BCUT2D eigenvalue weighted by atomic mass is 10.1. The number of ether oxygens (including phenoxy) is 1. The van der Waals surface area contributed by atoms with Gasteiger partial charge in [0.05, 0.1) is 19.0 Å². The van der Waals surface area contributed by atoms with Gasteiger partial charge in [-0.15, -0.1) is 0 Å². The van der Waals surface area contributed by atoms with Crippen molar-refractivity contribution in [3.05, 3.63) is 73.2 Å². The maximum Gasteiger partial charge on any atom is 0.200 e. The largest absolute Gasteiger partial charge is 0.482 e. The van der Waals surface area contributed by atoms with Crippen LogP contribution in [0, 0.1) is 0 Å². The Morgan fingerprint density at radius 2 is 1.70 bits per heavy atom. The molecule has 0 spiro atoms. The number of methoxy groups -OCH3 is 1. The van der Waals surface area contributed by atoms with Crippen molar-refractivity contribution in [1.29, 1.82) is 0 Å². The smallest absolute Gasteiger partial charge is 0.200 e. The van der Waals surface area contributed by atoms with Gasteiger partial charge in [0.25, 0.3) is 0 Å². The molecule has 0 aliphatic heterocycles. The summed E-state index contributed by atoms with van der Waals surface area (Å²) < 4.78 is 7.62. The van der Waals surface area contributed by atoms with E-state index in [4.69, 9.17) is 4.74 Å². The number of rotatable bonds is 3. The van der Waals surface area contributed by atoms with E-state index < -0.39 is 0 Å². The lowest BCUT2D eigenvalue weighted by Crippen LogP contribution is -1.97. The van der Waals surface area contributed by atoms with E-state index in [0.717, 1.165) is 33.9 Å². The number of fused-ring (bicyclic) bond motifs is 1. The summed E-state index contributed by atoms with van der Waals surface area (Å²) in [6.45, 7) is 0. The monoisotopic (exact) mass is 301 g/mol. The summed E-state index contributed by atoms with van der Waals surface area (Å²) in [6.07, 6.45) is 5.44. The molecule has 0 bridgehead atoms. The standard InChI is InChI=1S/C19H15N3O/c1-23-19-11-16(14-6-3-2-4-7-14)10-18-21-13-17(22(18)19)15-8-5-9-20-12-15/h2-13H,1H3. The molecule has 0 amide bonds. The molecule has 4 aromatic rings. The van der Waals surface area contributed by atoms with E-state index in [9.17, 15) is 0 Å². The zero-order valence-corrected chi connectivity index (χ0v) is 12.7. The summed E-state index contributed by atoms with van der Waals surface area (Å²) in [6, 6.07) is 18.3. The molecule has 4 rings (SSSR count). The number of hydrogen-bond donors (Lipinski definition) is 0. The van der Waals surface area contributed by atoms with E-state index in [0.29, 0.717) is 0 Å². The lowest BCUT2D eigenvalue weighted by Gasteiger charge is -2.10. The number of imidazole rings is 1. The topological polar surface area (TPSA) is 39.4 Å². The highest BCUT2D eigenvalue weighted by atomic mass is 16.5. The summed E-state index contributed by atoms with van der Waals surface area (Å²) in [5.41, 5.74) is 5.04. The first-order valence-electron chi connectivity index (χ1n) is 7.38. The second kappa shape index (κ2) is 5.57. The van der Waals surface area contributed by atoms with Crippen molar-refractivity contribution in [2.45, 2.75) is 0 Å². The SMILES string of the molecule is COc1cc(-c2ccccc2)cc2ncc(-c3cccnc3)n12. The Morgan fingerprint density at radius 3 is 2.43 bits per heavy atom. The van der Waals surface area contributed by atoms with Gasteiger partial charge in [0.2, 0.25) is 0 Å². The Hall–Kier alpha value is -3.14. The van der Waals surface area contributed by atoms with Crippen molar-refractivity contribution >= 4 is 5.65 Å². The Bertz CT molecular complexity index is 946. The maximum absolute atomic E-state index is 5.61. The summed E-state index contributed by atoms with van der Waals surface area (Å²) in [5, 5.41) is 0. The van der Waals surface area contributed by atoms with E-state index in [1.807, 2.05) is 53.2 Å². The zero-order valence-electron chi connectivity index (χ0n) is 12.7. The second-order valence-corrected chi connectivity index (χ2v) is 5.23.